The zero-order valence-electron chi connectivity index (χ0n) is 15.2. The number of benzene rings is 2. The lowest BCUT2D eigenvalue weighted by atomic mass is 9.97. The number of carbonyl (C=O) groups excluding carboxylic acids is 1. The fourth-order valence-electron chi connectivity index (χ4n) is 2.94. The molecule has 2 aromatic carbocycles. The summed E-state index contributed by atoms with van der Waals surface area (Å²) in [6, 6.07) is 15.2. The molecule has 0 aliphatic heterocycles. The molecule has 4 heteroatoms. The van der Waals surface area contributed by atoms with Crippen molar-refractivity contribution < 1.29 is 9.18 Å². The third kappa shape index (κ3) is 4.47. The number of carbonyl (C=O) groups is 1. The van der Waals surface area contributed by atoms with Crippen LogP contribution in [0.4, 0.5) is 4.39 Å². The van der Waals surface area contributed by atoms with Crippen LogP contribution in [0, 0.1) is 0 Å². The summed E-state index contributed by atoms with van der Waals surface area (Å²) >= 11 is 0. The molecule has 0 bridgehead atoms. The lowest BCUT2D eigenvalue weighted by molar-refractivity contribution is 0.0993. The van der Waals surface area contributed by atoms with Gasteiger partial charge in [0.15, 0.2) is 5.78 Å². The molecule has 27 heavy (non-hydrogen) atoms. The summed E-state index contributed by atoms with van der Waals surface area (Å²) < 4.78 is 12.9. The van der Waals surface area contributed by atoms with Gasteiger partial charge in [-0.2, -0.15) is 5.10 Å². The number of nitrogens with zero attached hydrogens (tertiary/aromatic N) is 1. The highest BCUT2D eigenvalue weighted by Gasteiger charge is 2.14. The Hall–Kier alpha value is -3.27. The van der Waals surface area contributed by atoms with Gasteiger partial charge in [-0.25, -0.2) is 4.39 Å². The number of halogens is 1. The van der Waals surface area contributed by atoms with Crippen molar-refractivity contribution in [2.24, 2.45) is 0 Å². The second kappa shape index (κ2) is 8.41. The van der Waals surface area contributed by atoms with Crippen molar-refractivity contribution in [2.45, 2.75) is 19.3 Å². The summed E-state index contributed by atoms with van der Waals surface area (Å²) in [7, 11) is 0. The third-order valence-corrected chi connectivity index (χ3v) is 4.34. The Morgan fingerprint density at radius 2 is 2.04 bits per heavy atom. The maximum Gasteiger partial charge on any atom is 0.167 e. The molecule has 136 valence electrons. The van der Waals surface area contributed by atoms with E-state index in [0.29, 0.717) is 12.0 Å². The molecule has 1 unspecified atom stereocenters. The van der Waals surface area contributed by atoms with Crippen LogP contribution in [0.1, 0.15) is 34.5 Å². The van der Waals surface area contributed by atoms with E-state index in [1.54, 1.807) is 18.2 Å². The molecule has 0 aliphatic carbocycles. The molecule has 0 spiro atoms. The average Bonchev–Trinajstić information content (AvgIpc) is 3.09. The zero-order valence-corrected chi connectivity index (χ0v) is 15.2. The molecular weight excluding hydrogens is 339 g/mol. The Bertz CT molecular complexity index is 1010. The van der Waals surface area contributed by atoms with Crippen molar-refractivity contribution in [1.29, 1.82) is 0 Å². The predicted molar refractivity (Wildman–Crippen MR) is 108 cm³/mol. The van der Waals surface area contributed by atoms with Crippen LogP contribution >= 0.6 is 0 Å². The first kappa shape index (κ1) is 18.5. The fourth-order valence-corrected chi connectivity index (χ4v) is 2.94. The highest BCUT2D eigenvalue weighted by atomic mass is 19.1. The van der Waals surface area contributed by atoms with Gasteiger partial charge >= 0.3 is 0 Å². The monoisotopic (exact) mass is 360 g/mol. The molecule has 0 saturated heterocycles. The van der Waals surface area contributed by atoms with E-state index in [4.69, 9.17) is 0 Å². The Balaban J connectivity index is 1.91. The Labute approximate surface area is 157 Å². The van der Waals surface area contributed by atoms with Crippen LogP contribution in [0.2, 0.25) is 0 Å². The molecule has 1 aromatic heterocycles. The maximum atomic E-state index is 12.9. The Morgan fingerprint density at radius 3 is 2.74 bits per heavy atom. The lowest BCUT2D eigenvalue weighted by Gasteiger charge is -2.06. The van der Waals surface area contributed by atoms with Crippen LogP contribution in [-0.2, 0) is 6.42 Å². The summed E-state index contributed by atoms with van der Waals surface area (Å²) in [5.41, 5.74) is 3.23. The minimum absolute atomic E-state index is 0.0527. The first-order chi connectivity index (χ1) is 13.1. The summed E-state index contributed by atoms with van der Waals surface area (Å²) in [6.45, 7) is 5.25. The number of allylic oxidation sites excluding steroid dienone is 5. The highest BCUT2D eigenvalue weighted by Crippen LogP contribution is 2.26. The molecule has 3 aromatic rings. The molecule has 1 N–H and O–H groups in total. The van der Waals surface area contributed by atoms with E-state index < -0.39 is 0 Å². The summed E-state index contributed by atoms with van der Waals surface area (Å²) in [6.07, 6.45) is 6.98. The van der Waals surface area contributed by atoms with Gasteiger partial charge in [0.05, 0.1) is 17.0 Å². The Kier molecular flexibility index (Phi) is 5.77. The van der Waals surface area contributed by atoms with Gasteiger partial charge in [-0.15, -0.1) is 6.58 Å². The van der Waals surface area contributed by atoms with E-state index in [2.05, 4.69) is 16.8 Å². The predicted octanol–water partition coefficient (Wildman–Crippen LogP) is 5.69. The van der Waals surface area contributed by atoms with Gasteiger partial charge in [0.25, 0.3) is 0 Å². The summed E-state index contributed by atoms with van der Waals surface area (Å²) in [5.74, 6) is -0.376. The van der Waals surface area contributed by atoms with Crippen LogP contribution in [0.5, 0.6) is 0 Å². The minimum atomic E-state index is -0.266. The number of aromatic amines is 1. The number of rotatable bonds is 7. The van der Waals surface area contributed by atoms with E-state index in [9.17, 15) is 9.18 Å². The highest BCUT2D eigenvalue weighted by molar-refractivity contribution is 6.01. The average molecular weight is 360 g/mol. The van der Waals surface area contributed by atoms with E-state index >= 15 is 0 Å². The van der Waals surface area contributed by atoms with Crippen molar-refractivity contribution in [1.82, 2.24) is 10.2 Å². The second-order valence-electron chi connectivity index (χ2n) is 6.35. The van der Waals surface area contributed by atoms with E-state index in [-0.39, 0.29) is 17.5 Å². The lowest BCUT2D eigenvalue weighted by Crippen LogP contribution is -2.03. The fraction of sp³-hybridized carbons (Fsp3) is 0.130. The Morgan fingerprint density at radius 1 is 1.26 bits per heavy atom. The number of fused-ring (bicyclic) bond motifs is 1. The molecule has 3 nitrogen and oxygen atoms in total. The molecule has 0 aliphatic rings. The van der Waals surface area contributed by atoms with Gasteiger partial charge in [0.2, 0.25) is 0 Å². The number of ketones is 1. The first-order valence-electron chi connectivity index (χ1n) is 8.77. The minimum Gasteiger partial charge on any atom is -0.294 e. The molecule has 0 saturated carbocycles. The van der Waals surface area contributed by atoms with Crippen molar-refractivity contribution in [2.75, 3.05) is 0 Å². The zero-order chi connectivity index (χ0) is 19.2. The summed E-state index contributed by atoms with van der Waals surface area (Å²) in [4.78, 5) is 12.7. The molecule has 0 fully saturated rings. The molecule has 0 amide bonds. The number of Topliss-reactive ketones (excluding diaryl/α,β-unsaturated/α-hetero) is 1. The third-order valence-electron chi connectivity index (χ3n) is 4.34. The van der Waals surface area contributed by atoms with Crippen molar-refractivity contribution in [3.05, 3.63) is 102 Å². The van der Waals surface area contributed by atoms with Crippen LogP contribution in [0.3, 0.4) is 0 Å². The molecular formula is C23H21FN2O. The normalized spacial score (nSPS) is 13.2. The number of hydrogen-bond acceptors (Lipinski definition) is 2. The largest absolute Gasteiger partial charge is 0.294 e. The van der Waals surface area contributed by atoms with Gasteiger partial charge in [0, 0.05) is 23.3 Å². The maximum absolute atomic E-state index is 12.9. The number of aromatic nitrogens is 2. The van der Waals surface area contributed by atoms with Crippen LogP contribution in [-0.4, -0.2) is 16.0 Å². The topological polar surface area (TPSA) is 45.8 Å². The van der Waals surface area contributed by atoms with Crippen LogP contribution < -0.4 is 0 Å². The second-order valence-corrected chi connectivity index (χ2v) is 6.35. The van der Waals surface area contributed by atoms with E-state index in [1.165, 1.54) is 13.0 Å². The number of hydrogen-bond donors (Lipinski definition) is 1. The standard InChI is InChI=1S/C23H21FN2O/c1-3-18(11-7-8-16(2)24)23-20-15-19(12-13-21(20)25-26-23)22(27)14-17-9-5-4-6-10-17/h3-13,15,18H,1,14H2,2H3,(H,25,26)/b11-7?,16-8+. The van der Waals surface area contributed by atoms with Crippen molar-refractivity contribution in [3.8, 4) is 0 Å². The molecule has 3 rings (SSSR count). The van der Waals surface area contributed by atoms with Gasteiger partial charge < -0.3 is 0 Å². The van der Waals surface area contributed by atoms with Gasteiger partial charge in [-0.3, -0.25) is 9.89 Å². The summed E-state index contributed by atoms with van der Waals surface area (Å²) in [5, 5.41) is 8.19. The van der Waals surface area contributed by atoms with Crippen LogP contribution in [0.25, 0.3) is 10.9 Å². The van der Waals surface area contributed by atoms with E-state index in [1.807, 2.05) is 48.5 Å². The number of nitrogens with one attached hydrogen (secondary N) is 1. The first-order valence-corrected chi connectivity index (χ1v) is 8.77. The SMILES string of the molecule is C=CC(C=C/C=C(\C)F)c1[nH]nc2ccc(C(=O)Cc3ccccc3)cc12. The van der Waals surface area contributed by atoms with Crippen LogP contribution in [0.15, 0.2) is 85.2 Å². The number of H-pyrrole nitrogens is 1. The smallest absolute Gasteiger partial charge is 0.167 e. The van der Waals surface area contributed by atoms with Gasteiger partial charge in [0.1, 0.15) is 0 Å². The molecule has 1 heterocycles. The van der Waals surface area contributed by atoms with Gasteiger partial charge in [-0.1, -0.05) is 48.6 Å². The molecule has 0 radical (unpaired) electrons. The molecule has 1 atom stereocenters. The van der Waals surface area contributed by atoms with Crippen molar-refractivity contribution >= 4 is 16.7 Å². The van der Waals surface area contributed by atoms with Gasteiger partial charge in [-0.05, 0) is 36.8 Å². The quantitative estimate of drug-likeness (QED) is 0.334. The van der Waals surface area contributed by atoms with E-state index in [0.717, 1.165) is 22.2 Å². The van der Waals surface area contributed by atoms with Crippen molar-refractivity contribution in [3.63, 3.8) is 0 Å².